The summed E-state index contributed by atoms with van der Waals surface area (Å²) in [5.41, 5.74) is 5.30. The number of methoxy groups -OCH3 is 1. The van der Waals surface area contributed by atoms with Crippen LogP contribution in [0.15, 0.2) is 66.3 Å². The SMILES string of the molecule is CCCN1c2ccccc2C(OOc2c(C)cc(C(=O)OC)cc2C)=C2C=CC=CC21. The van der Waals surface area contributed by atoms with Crippen molar-refractivity contribution in [1.29, 1.82) is 0 Å². The third-order valence-electron chi connectivity index (χ3n) is 5.61. The number of nitrogens with zero attached hydrogens (tertiary/aromatic N) is 1. The van der Waals surface area contributed by atoms with Crippen molar-refractivity contribution in [2.45, 2.75) is 33.2 Å². The second kappa shape index (κ2) is 8.72. The molecule has 1 heterocycles. The minimum Gasteiger partial charge on any atom is -0.465 e. The van der Waals surface area contributed by atoms with E-state index < -0.39 is 0 Å². The van der Waals surface area contributed by atoms with Gasteiger partial charge >= 0.3 is 5.97 Å². The molecule has 31 heavy (non-hydrogen) atoms. The number of esters is 1. The highest BCUT2D eigenvalue weighted by Crippen LogP contribution is 2.41. The summed E-state index contributed by atoms with van der Waals surface area (Å²) in [4.78, 5) is 26.2. The van der Waals surface area contributed by atoms with Crippen LogP contribution in [0.25, 0.3) is 5.76 Å². The van der Waals surface area contributed by atoms with Crippen LogP contribution in [0.5, 0.6) is 5.75 Å². The average molecular weight is 418 g/mol. The average Bonchev–Trinajstić information content (AvgIpc) is 2.79. The van der Waals surface area contributed by atoms with Gasteiger partial charge in [-0.15, -0.1) is 0 Å². The van der Waals surface area contributed by atoms with Crippen LogP contribution in [0.3, 0.4) is 0 Å². The molecule has 5 nitrogen and oxygen atoms in total. The number of hydrogen-bond donors (Lipinski definition) is 0. The van der Waals surface area contributed by atoms with Crippen LogP contribution in [0.2, 0.25) is 0 Å². The van der Waals surface area contributed by atoms with E-state index in [-0.39, 0.29) is 12.0 Å². The molecule has 0 spiro atoms. The molecular weight excluding hydrogens is 390 g/mol. The molecule has 0 radical (unpaired) electrons. The molecule has 0 saturated carbocycles. The minimum absolute atomic E-state index is 0.0994. The summed E-state index contributed by atoms with van der Waals surface area (Å²) in [5.74, 6) is 0.938. The zero-order valence-electron chi connectivity index (χ0n) is 18.3. The molecule has 2 aromatic rings. The van der Waals surface area contributed by atoms with E-state index in [0.29, 0.717) is 17.1 Å². The van der Waals surface area contributed by atoms with E-state index in [1.54, 1.807) is 12.1 Å². The van der Waals surface area contributed by atoms with Gasteiger partial charge < -0.3 is 9.64 Å². The normalized spacial score (nSPS) is 16.6. The lowest BCUT2D eigenvalue weighted by Gasteiger charge is -2.39. The molecule has 0 amide bonds. The van der Waals surface area contributed by atoms with Gasteiger partial charge in [-0.3, -0.25) is 9.78 Å². The number of rotatable bonds is 6. The molecule has 2 aromatic carbocycles. The minimum atomic E-state index is -0.372. The van der Waals surface area contributed by atoms with Crippen LogP contribution in [0, 0.1) is 13.8 Å². The van der Waals surface area contributed by atoms with Crippen LogP contribution in [-0.2, 0) is 9.62 Å². The topological polar surface area (TPSA) is 48.0 Å². The first-order valence-electron chi connectivity index (χ1n) is 10.5. The van der Waals surface area contributed by atoms with Crippen molar-refractivity contribution in [2.24, 2.45) is 0 Å². The Kier molecular flexibility index (Phi) is 5.85. The third-order valence-corrected chi connectivity index (χ3v) is 5.61. The van der Waals surface area contributed by atoms with Crippen LogP contribution >= 0.6 is 0 Å². The molecule has 1 unspecified atom stereocenters. The van der Waals surface area contributed by atoms with E-state index in [1.165, 1.54) is 7.11 Å². The summed E-state index contributed by atoms with van der Waals surface area (Å²) in [7, 11) is 1.37. The highest BCUT2D eigenvalue weighted by Gasteiger charge is 2.33. The fraction of sp³-hybridized carbons (Fsp3) is 0.269. The predicted molar refractivity (Wildman–Crippen MR) is 122 cm³/mol. The molecule has 0 N–H and O–H groups in total. The Morgan fingerprint density at radius 3 is 2.52 bits per heavy atom. The number of para-hydroxylation sites is 1. The van der Waals surface area contributed by atoms with E-state index in [0.717, 1.165) is 40.9 Å². The van der Waals surface area contributed by atoms with Crippen molar-refractivity contribution in [3.63, 3.8) is 0 Å². The number of aryl methyl sites for hydroxylation is 2. The van der Waals surface area contributed by atoms with Crippen LogP contribution in [0.4, 0.5) is 5.69 Å². The van der Waals surface area contributed by atoms with Gasteiger partial charge in [-0.2, -0.15) is 0 Å². The zero-order chi connectivity index (χ0) is 22.0. The molecular formula is C26H27NO4. The quantitative estimate of drug-likeness (QED) is 0.351. The maximum Gasteiger partial charge on any atom is 0.337 e. The molecule has 4 rings (SSSR count). The second-order valence-corrected chi connectivity index (χ2v) is 7.78. The first kappa shape index (κ1) is 20.8. The summed E-state index contributed by atoms with van der Waals surface area (Å²) in [6.45, 7) is 6.91. The fourth-order valence-corrected chi connectivity index (χ4v) is 4.23. The molecule has 160 valence electrons. The molecule has 5 heteroatoms. The number of anilines is 1. The van der Waals surface area contributed by atoms with E-state index >= 15 is 0 Å². The Bertz CT molecular complexity index is 1070. The van der Waals surface area contributed by atoms with Gasteiger partial charge in [0.1, 0.15) is 0 Å². The summed E-state index contributed by atoms with van der Waals surface area (Å²) in [5, 5.41) is 0. The zero-order valence-corrected chi connectivity index (χ0v) is 18.3. The lowest BCUT2D eigenvalue weighted by molar-refractivity contribution is -0.134. The third kappa shape index (κ3) is 3.83. The molecule has 0 fully saturated rings. The highest BCUT2D eigenvalue weighted by atomic mass is 17.2. The molecule has 2 aliphatic rings. The van der Waals surface area contributed by atoms with E-state index in [9.17, 15) is 4.79 Å². The van der Waals surface area contributed by atoms with Crippen LogP contribution in [0.1, 0.15) is 40.4 Å². The smallest absolute Gasteiger partial charge is 0.337 e. The number of carbonyl (C=O) groups excluding carboxylic acids is 1. The van der Waals surface area contributed by atoms with Gasteiger partial charge in [0.05, 0.1) is 18.7 Å². The Morgan fingerprint density at radius 2 is 1.81 bits per heavy atom. The number of hydrogen-bond acceptors (Lipinski definition) is 5. The molecule has 0 aromatic heterocycles. The first-order chi connectivity index (χ1) is 15.0. The van der Waals surface area contributed by atoms with Crippen molar-refractivity contribution in [3.8, 4) is 5.75 Å². The molecule has 1 aliphatic carbocycles. The Hall–Kier alpha value is -3.47. The molecule has 1 atom stereocenters. The monoisotopic (exact) mass is 417 g/mol. The van der Waals surface area contributed by atoms with Crippen molar-refractivity contribution in [3.05, 3.63) is 88.5 Å². The number of allylic oxidation sites excluding steroid dienone is 2. The van der Waals surface area contributed by atoms with Gasteiger partial charge in [-0.1, -0.05) is 43.4 Å². The first-order valence-corrected chi connectivity index (χ1v) is 10.5. The van der Waals surface area contributed by atoms with Gasteiger partial charge in [-0.25, -0.2) is 4.79 Å². The summed E-state index contributed by atoms with van der Waals surface area (Å²) in [6, 6.07) is 11.8. The fourth-order valence-electron chi connectivity index (χ4n) is 4.23. The number of benzene rings is 2. The predicted octanol–water partition coefficient (Wildman–Crippen LogP) is 5.54. The maximum atomic E-state index is 11.9. The lowest BCUT2D eigenvalue weighted by atomic mass is 9.90. The number of fused-ring (bicyclic) bond motifs is 2. The van der Waals surface area contributed by atoms with Crippen molar-refractivity contribution < 1.29 is 19.3 Å². The van der Waals surface area contributed by atoms with Crippen molar-refractivity contribution in [2.75, 3.05) is 18.6 Å². The highest BCUT2D eigenvalue weighted by molar-refractivity contribution is 5.90. The van der Waals surface area contributed by atoms with Gasteiger partial charge in [0.15, 0.2) is 11.5 Å². The maximum absolute atomic E-state index is 11.9. The second-order valence-electron chi connectivity index (χ2n) is 7.78. The molecule has 0 saturated heterocycles. The van der Waals surface area contributed by atoms with E-state index in [4.69, 9.17) is 14.5 Å². The Morgan fingerprint density at radius 1 is 1.06 bits per heavy atom. The summed E-state index contributed by atoms with van der Waals surface area (Å²) < 4.78 is 4.83. The van der Waals surface area contributed by atoms with E-state index in [2.05, 4.69) is 42.2 Å². The standard InChI is InChI=1S/C26H27NO4/c1-5-14-27-22-12-8-6-10-20(22)25(21-11-7-9-13-23(21)27)31-30-24-17(2)15-19(16-18(24)3)26(28)29-4/h6-13,15-16,22H,5,14H2,1-4H3. The Labute approximate surface area is 183 Å². The largest absolute Gasteiger partial charge is 0.465 e. The lowest BCUT2D eigenvalue weighted by Crippen LogP contribution is -2.40. The number of ether oxygens (including phenoxy) is 1. The van der Waals surface area contributed by atoms with Crippen molar-refractivity contribution >= 4 is 17.4 Å². The van der Waals surface area contributed by atoms with Gasteiger partial charge in [0, 0.05) is 23.4 Å². The van der Waals surface area contributed by atoms with Crippen molar-refractivity contribution in [1.82, 2.24) is 0 Å². The number of carbonyl (C=O) groups is 1. The summed E-state index contributed by atoms with van der Waals surface area (Å²) in [6.07, 6.45) is 9.42. The van der Waals surface area contributed by atoms with E-state index in [1.807, 2.05) is 32.1 Å². The van der Waals surface area contributed by atoms with Gasteiger partial charge in [0.25, 0.3) is 0 Å². The van der Waals surface area contributed by atoms with Crippen LogP contribution < -0.4 is 9.79 Å². The van der Waals surface area contributed by atoms with Gasteiger partial charge in [-0.05, 0) is 55.7 Å². The molecule has 1 aliphatic heterocycles. The van der Waals surface area contributed by atoms with Gasteiger partial charge in [0.2, 0.25) is 0 Å². The summed E-state index contributed by atoms with van der Waals surface area (Å²) >= 11 is 0. The Balaban J connectivity index is 1.70. The molecule has 0 bridgehead atoms. The van der Waals surface area contributed by atoms with Crippen LogP contribution in [-0.4, -0.2) is 25.7 Å².